The molecule has 2 aliphatic rings. The van der Waals surface area contributed by atoms with E-state index < -0.39 is 0 Å². The van der Waals surface area contributed by atoms with Crippen LogP contribution in [0, 0.1) is 0 Å². The number of piperidine rings is 1. The van der Waals surface area contributed by atoms with Gasteiger partial charge in [0.05, 0.1) is 12.1 Å². The lowest BCUT2D eigenvalue weighted by molar-refractivity contribution is 0.0952. The van der Waals surface area contributed by atoms with Crippen molar-refractivity contribution in [1.29, 1.82) is 0 Å². The van der Waals surface area contributed by atoms with Gasteiger partial charge in [0, 0.05) is 13.1 Å². The van der Waals surface area contributed by atoms with Crippen LogP contribution in [0.2, 0.25) is 0 Å². The smallest absolute Gasteiger partial charge is 0.192 e. The third-order valence-corrected chi connectivity index (χ3v) is 3.44. The van der Waals surface area contributed by atoms with Crippen molar-refractivity contribution in [3.05, 3.63) is 12.7 Å². The maximum atomic E-state index is 5.93. The molecule has 1 saturated heterocycles. The predicted molar refractivity (Wildman–Crippen MR) is 62.9 cm³/mol. The zero-order valence-corrected chi connectivity index (χ0v) is 9.45. The van der Waals surface area contributed by atoms with Gasteiger partial charge in [-0.25, -0.2) is 0 Å². The number of likely N-dealkylation sites (N-methyl/N-ethyl adjacent to an activating group) is 1. The van der Waals surface area contributed by atoms with Crippen molar-refractivity contribution in [2.45, 2.75) is 18.4 Å². The first-order chi connectivity index (χ1) is 7.18. The van der Waals surface area contributed by atoms with Gasteiger partial charge >= 0.3 is 0 Å². The van der Waals surface area contributed by atoms with E-state index in [-0.39, 0.29) is 5.54 Å². The first kappa shape index (κ1) is 10.5. The van der Waals surface area contributed by atoms with Crippen molar-refractivity contribution < 1.29 is 0 Å². The van der Waals surface area contributed by atoms with Crippen molar-refractivity contribution in [2.75, 3.05) is 33.2 Å². The van der Waals surface area contributed by atoms with Crippen LogP contribution in [0.4, 0.5) is 0 Å². The Kier molecular flexibility index (Phi) is 2.69. The number of hydrogen-bond acceptors (Lipinski definition) is 4. The number of nitrogens with zero attached hydrogens (tertiary/aromatic N) is 3. The van der Waals surface area contributed by atoms with Crippen LogP contribution >= 0.6 is 0 Å². The zero-order chi connectivity index (χ0) is 10.9. The highest BCUT2D eigenvalue weighted by molar-refractivity contribution is 5.81. The molecule has 15 heavy (non-hydrogen) atoms. The van der Waals surface area contributed by atoms with E-state index in [1.54, 1.807) is 0 Å². The average molecular weight is 208 g/mol. The third-order valence-electron chi connectivity index (χ3n) is 3.44. The highest BCUT2D eigenvalue weighted by Gasteiger charge is 2.43. The lowest BCUT2D eigenvalue weighted by Crippen LogP contribution is -2.59. The third kappa shape index (κ3) is 1.74. The van der Waals surface area contributed by atoms with E-state index in [0.29, 0.717) is 5.96 Å². The van der Waals surface area contributed by atoms with Crippen molar-refractivity contribution >= 4 is 5.96 Å². The largest absolute Gasteiger partial charge is 0.370 e. The molecular formula is C11H20N4. The fraction of sp³-hybridized carbons (Fsp3) is 0.727. The fourth-order valence-electron chi connectivity index (χ4n) is 2.75. The molecule has 0 aromatic heterocycles. The minimum absolute atomic E-state index is 0.144. The standard InChI is InChI=1S/C11H20N4/c1-3-6-15-10(12)13-8-11(15)5-4-7-14(2)9-11/h3H,1,4-9H2,2H3,(H2,12,13). The summed E-state index contributed by atoms with van der Waals surface area (Å²) in [5.41, 5.74) is 6.07. The van der Waals surface area contributed by atoms with Gasteiger partial charge in [-0.15, -0.1) is 6.58 Å². The molecule has 1 unspecified atom stereocenters. The summed E-state index contributed by atoms with van der Waals surface area (Å²) in [6.45, 7) is 7.69. The molecule has 0 aromatic carbocycles. The quantitative estimate of drug-likeness (QED) is 0.662. The summed E-state index contributed by atoms with van der Waals surface area (Å²) in [6, 6.07) is 0. The molecule has 2 aliphatic heterocycles. The summed E-state index contributed by atoms with van der Waals surface area (Å²) >= 11 is 0. The molecule has 2 heterocycles. The van der Waals surface area contributed by atoms with Crippen molar-refractivity contribution in [1.82, 2.24) is 9.80 Å². The molecule has 0 aliphatic carbocycles. The van der Waals surface area contributed by atoms with E-state index in [1.807, 2.05) is 6.08 Å². The van der Waals surface area contributed by atoms with Crippen LogP contribution in [0.3, 0.4) is 0 Å². The first-order valence-corrected chi connectivity index (χ1v) is 5.55. The molecule has 0 aromatic rings. The van der Waals surface area contributed by atoms with Crippen molar-refractivity contribution in [3.8, 4) is 0 Å². The van der Waals surface area contributed by atoms with Crippen LogP contribution < -0.4 is 5.73 Å². The molecule has 0 saturated carbocycles. The molecule has 0 amide bonds. The maximum absolute atomic E-state index is 5.93. The van der Waals surface area contributed by atoms with Crippen LogP contribution in [0.5, 0.6) is 0 Å². The van der Waals surface area contributed by atoms with Gasteiger partial charge in [-0.2, -0.15) is 0 Å². The Morgan fingerprint density at radius 1 is 1.67 bits per heavy atom. The Labute approximate surface area is 91.4 Å². The summed E-state index contributed by atoms with van der Waals surface area (Å²) in [4.78, 5) is 8.98. The second kappa shape index (κ2) is 3.85. The Balaban J connectivity index is 2.16. The maximum Gasteiger partial charge on any atom is 0.192 e. The normalized spacial score (nSPS) is 32.1. The topological polar surface area (TPSA) is 44.9 Å². The lowest BCUT2D eigenvalue weighted by Gasteiger charge is -2.44. The van der Waals surface area contributed by atoms with Gasteiger partial charge in [0.1, 0.15) is 0 Å². The molecule has 4 heteroatoms. The Hall–Kier alpha value is -1.03. The summed E-state index contributed by atoms with van der Waals surface area (Å²) in [7, 11) is 2.17. The van der Waals surface area contributed by atoms with Crippen molar-refractivity contribution in [2.24, 2.45) is 10.7 Å². The number of nitrogens with two attached hydrogens (primary N) is 1. The van der Waals surface area contributed by atoms with Gasteiger partial charge in [-0.3, -0.25) is 4.99 Å². The molecule has 2 N–H and O–H groups in total. The molecule has 0 bridgehead atoms. The van der Waals surface area contributed by atoms with E-state index in [0.717, 1.165) is 19.6 Å². The number of hydrogen-bond donors (Lipinski definition) is 1. The van der Waals surface area contributed by atoms with E-state index in [4.69, 9.17) is 5.73 Å². The Morgan fingerprint density at radius 3 is 3.13 bits per heavy atom. The average Bonchev–Trinajstić information content (AvgIpc) is 2.48. The van der Waals surface area contributed by atoms with Crippen LogP contribution in [0.15, 0.2) is 17.6 Å². The molecule has 4 nitrogen and oxygen atoms in total. The van der Waals surface area contributed by atoms with Crippen LogP contribution in [-0.4, -0.2) is 54.5 Å². The summed E-state index contributed by atoms with van der Waals surface area (Å²) < 4.78 is 0. The molecule has 1 atom stereocenters. The summed E-state index contributed by atoms with van der Waals surface area (Å²) in [6.07, 6.45) is 4.33. The number of guanidine groups is 1. The predicted octanol–water partition coefficient (Wildman–Crippen LogP) is 0.267. The van der Waals surface area contributed by atoms with E-state index in [9.17, 15) is 0 Å². The molecule has 0 radical (unpaired) electrons. The number of likely N-dealkylation sites (tertiary alicyclic amines) is 1. The number of rotatable bonds is 2. The molecule has 1 fully saturated rings. The highest BCUT2D eigenvalue weighted by Crippen LogP contribution is 2.30. The molecule has 1 spiro atoms. The van der Waals surface area contributed by atoms with Gasteiger partial charge < -0.3 is 15.5 Å². The van der Waals surface area contributed by atoms with Gasteiger partial charge in [-0.1, -0.05) is 6.08 Å². The highest BCUT2D eigenvalue weighted by atomic mass is 15.4. The second-order valence-corrected chi connectivity index (χ2v) is 4.64. The first-order valence-electron chi connectivity index (χ1n) is 5.55. The zero-order valence-electron chi connectivity index (χ0n) is 9.45. The molecule has 84 valence electrons. The summed E-state index contributed by atoms with van der Waals surface area (Å²) in [5, 5.41) is 0. The molecular weight excluding hydrogens is 188 g/mol. The fourth-order valence-corrected chi connectivity index (χ4v) is 2.75. The van der Waals surface area contributed by atoms with Gasteiger partial charge in [-0.05, 0) is 26.4 Å². The molecule has 2 rings (SSSR count). The van der Waals surface area contributed by atoms with Gasteiger partial charge in [0.25, 0.3) is 0 Å². The van der Waals surface area contributed by atoms with Crippen molar-refractivity contribution in [3.63, 3.8) is 0 Å². The Morgan fingerprint density at radius 2 is 2.47 bits per heavy atom. The van der Waals surface area contributed by atoms with E-state index in [2.05, 4.69) is 28.4 Å². The summed E-state index contributed by atoms with van der Waals surface area (Å²) in [5.74, 6) is 0.685. The second-order valence-electron chi connectivity index (χ2n) is 4.64. The van der Waals surface area contributed by atoms with E-state index >= 15 is 0 Å². The van der Waals surface area contributed by atoms with Crippen LogP contribution in [0.1, 0.15) is 12.8 Å². The minimum Gasteiger partial charge on any atom is -0.370 e. The number of aliphatic imine (C=N–C) groups is 1. The SMILES string of the molecule is C=CCN1C(N)=NCC12CCCN(C)C2. The van der Waals surface area contributed by atoms with Crippen LogP contribution in [0.25, 0.3) is 0 Å². The monoisotopic (exact) mass is 208 g/mol. The Bertz CT molecular complexity index is 286. The van der Waals surface area contributed by atoms with Crippen LogP contribution in [-0.2, 0) is 0 Å². The minimum atomic E-state index is 0.144. The van der Waals surface area contributed by atoms with Gasteiger partial charge in [0.15, 0.2) is 5.96 Å². The lowest BCUT2D eigenvalue weighted by atomic mass is 9.88. The van der Waals surface area contributed by atoms with Gasteiger partial charge in [0.2, 0.25) is 0 Å². The van der Waals surface area contributed by atoms with E-state index in [1.165, 1.54) is 19.4 Å².